The van der Waals surface area contributed by atoms with Gasteiger partial charge in [0.15, 0.2) is 5.82 Å². The molecule has 28 heavy (non-hydrogen) atoms. The number of amides is 1. The van der Waals surface area contributed by atoms with Gasteiger partial charge < -0.3 is 19.6 Å². The van der Waals surface area contributed by atoms with E-state index in [1.165, 1.54) is 4.88 Å². The largest absolute Gasteiger partial charge is 0.387 e. The van der Waals surface area contributed by atoms with E-state index in [2.05, 4.69) is 26.7 Å². The Morgan fingerprint density at radius 2 is 1.89 bits per heavy atom. The van der Waals surface area contributed by atoms with Gasteiger partial charge in [-0.3, -0.25) is 9.69 Å². The van der Waals surface area contributed by atoms with Gasteiger partial charge in [-0.15, -0.1) is 11.3 Å². The van der Waals surface area contributed by atoms with E-state index in [4.69, 9.17) is 21.4 Å². The Morgan fingerprint density at radius 1 is 1.18 bits per heavy atom. The van der Waals surface area contributed by atoms with Crippen LogP contribution in [-0.2, 0) is 16.1 Å². The highest BCUT2D eigenvalue weighted by molar-refractivity contribution is 7.19. The maximum absolute atomic E-state index is 11.6. The minimum Gasteiger partial charge on any atom is -0.387 e. The standard InChI is InChI=1S/C18H24ClN5O3S/c1-12-13(10-22-2-4-23(5-3-22)14(26)11-25)28-16-15(12)20-18(19)21-17(16)24-6-8-27-9-7-24/h25H,2-11H2,1H3. The Bertz CT molecular complexity index is 863. The fourth-order valence-electron chi connectivity index (χ4n) is 3.69. The van der Waals surface area contributed by atoms with Gasteiger partial charge in [0.25, 0.3) is 0 Å². The molecular weight excluding hydrogens is 402 g/mol. The number of nitrogens with zero attached hydrogens (tertiary/aromatic N) is 5. The van der Waals surface area contributed by atoms with E-state index in [9.17, 15) is 4.79 Å². The van der Waals surface area contributed by atoms with Gasteiger partial charge in [0.2, 0.25) is 11.2 Å². The molecule has 0 unspecified atom stereocenters. The van der Waals surface area contributed by atoms with Crippen LogP contribution in [0.1, 0.15) is 10.4 Å². The minimum atomic E-state index is -0.417. The zero-order chi connectivity index (χ0) is 19.7. The lowest BCUT2D eigenvalue weighted by atomic mass is 10.2. The highest BCUT2D eigenvalue weighted by Gasteiger charge is 2.24. The number of rotatable bonds is 4. The third-order valence-corrected chi connectivity index (χ3v) is 6.79. The number of carbonyl (C=O) groups excluding carboxylic acids is 1. The van der Waals surface area contributed by atoms with Crippen LogP contribution in [0, 0.1) is 6.92 Å². The van der Waals surface area contributed by atoms with Crippen molar-refractivity contribution in [3.05, 3.63) is 15.7 Å². The molecule has 0 aromatic carbocycles. The second-order valence-corrected chi connectivity index (χ2v) is 8.50. The highest BCUT2D eigenvalue weighted by atomic mass is 35.5. The number of halogens is 1. The lowest BCUT2D eigenvalue weighted by Gasteiger charge is -2.34. The SMILES string of the molecule is Cc1c(CN2CCN(C(=O)CO)CC2)sc2c(N3CCOCC3)nc(Cl)nc12. The fourth-order valence-corrected chi connectivity index (χ4v) is 5.16. The summed E-state index contributed by atoms with van der Waals surface area (Å²) < 4.78 is 6.54. The number of hydrogen-bond acceptors (Lipinski definition) is 8. The Kier molecular flexibility index (Phi) is 5.98. The van der Waals surface area contributed by atoms with E-state index >= 15 is 0 Å². The molecular formula is C18H24ClN5O3S. The summed E-state index contributed by atoms with van der Waals surface area (Å²) in [7, 11) is 0. The van der Waals surface area contributed by atoms with Crippen LogP contribution in [0.4, 0.5) is 5.82 Å². The van der Waals surface area contributed by atoms with Crippen molar-refractivity contribution in [2.75, 3.05) is 64.0 Å². The normalized spacial score (nSPS) is 18.8. The third-order valence-electron chi connectivity index (χ3n) is 5.36. The maximum atomic E-state index is 11.6. The van der Waals surface area contributed by atoms with Gasteiger partial charge in [-0.05, 0) is 24.1 Å². The first-order valence-corrected chi connectivity index (χ1v) is 10.7. The summed E-state index contributed by atoms with van der Waals surface area (Å²) in [6.07, 6.45) is 0. The molecule has 0 aliphatic carbocycles. The van der Waals surface area contributed by atoms with Crippen LogP contribution in [0.3, 0.4) is 0 Å². The molecule has 2 aromatic rings. The van der Waals surface area contributed by atoms with E-state index in [-0.39, 0.29) is 11.2 Å². The second kappa shape index (κ2) is 8.46. The van der Waals surface area contributed by atoms with Gasteiger partial charge in [-0.1, -0.05) is 0 Å². The molecule has 10 heteroatoms. The first-order valence-electron chi connectivity index (χ1n) is 9.46. The highest BCUT2D eigenvalue weighted by Crippen LogP contribution is 2.37. The van der Waals surface area contributed by atoms with Crippen molar-refractivity contribution in [3.8, 4) is 0 Å². The van der Waals surface area contributed by atoms with Crippen molar-refractivity contribution < 1.29 is 14.6 Å². The average molecular weight is 426 g/mol. The van der Waals surface area contributed by atoms with Crippen LogP contribution in [0.5, 0.6) is 0 Å². The molecule has 2 saturated heterocycles. The minimum absolute atomic E-state index is 0.197. The molecule has 0 spiro atoms. The summed E-state index contributed by atoms with van der Waals surface area (Å²) in [5.41, 5.74) is 2.07. The van der Waals surface area contributed by atoms with Gasteiger partial charge in [0.1, 0.15) is 6.61 Å². The topological polar surface area (TPSA) is 82.0 Å². The molecule has 0 saturated carbocycles. The summed E-state index contributed by atoms with van der Waals surface area (Å²) >= 11 is 7.96. The first kappa shape index (κ1) is 19.8. The lowest BCUT2D eigenvalue weighted by Crippen LogP contribution is -2.49. The predicted molar refractivity (Wildman–Crippen MR) is 109 cm³/mol. The van der Waals surface area contributed by atoms with Crippen molar-refractivity contribution in [1.82, 2.24) is 19.8 Å². The van der Waals surface area contributed by atoms with Crippen LogP contribution in [-0.4, -0.2) is 89.9 Å². The summed E-state index contributed by atoms with van der Waals surface area (Å²) in [5.74, 6) is 0.703. The number of aryl methyl sites for hydroxylation is 1. The second-order valence-electron chi connectivity index (χ2n) is 7.06. The van der Waals surface area contributed by atoms with Crippen molar-refractivity contribution in [2.45, 2.75) is 13.5 Å². The van der Waals surface area contributed by atoms with E-state index in [0.717, 1.165) is 54.3 Å². The Morgan fingerprint density at radius 3 is 2.57 bits per heavy atom. The maximum Gasteiger partial charge on any atom is 0.248 e. The van der Waals surface area contributed by atoms with Crippen LogP contribution in [0.2, 0.25) is 5.28 Å². The zero-order valence-electron chi connectivity index (χ0n) is 15.9. The van der Waals surface area contributed by atoms with Gasteiger partial charge in [-0.25, -0.2) is 4.98 Å². The number of carbonyl (C=O) groups is 1. The van der Waals surface area contributed by atoms with Gasteiger partial charge >= 0.3 is 0 Å². The monoisotopic (exact) mass is 425 g/mol. The summed E-state index contributed by atoms with van der Waals surface area (Å²) in [5, 5.41) is 9.30. The van der Waals surface area contributed by atoms with Crippen molar-refractivity contribution in [1.29, 1.82) is 0 Å². The number of fused-ring (bicyclic) bond motifs is 1. The number of anilines is 1. The molecule has 2 aliphatic heterocycles. The smallest absolute Gasteiger partial charge is 0.248 e. The number of ether oxygens (including phenoxy) is 1. The molecule has 0 bridgehead atoms. The molecule has 0 atom stereocenters. The zero-order valence-corrected chi connectivity index (χ0v) is 17.4. The van der Waals surface area contributed by atoms with Gasteiger partial charge in [0, 0.05) is 50.7 Å². The van der Waals surface area contributed by atoms with Crippen molar-refractivity contribution in [2.24, 2.45) is 0 Å². The Hall–Kier alpha value is -1.52. The number of piperazine rings is 1. The summed E-state index contributed by atoms with van der Waals surface area (Å²) in [6, 6.07) is 0. The van der Waals surface area contributed by atoms with Gasteiger partial charge in [0.05, 0.1) is 23.4 Å². The first-order chi connectivity index (χ1) is 13.6. The number of thiophene rings is 1. The average Bonchev–Trinajstić information content (AvgIpc) is 3.03. The molecule has 2 aliphatic rings. The Balaban J connectivity index is 1.55. The molecule has 2 aromatic heterocycles. The lowest BCUT2D eigenvalue weighted by molar-refractivity contribution is -0.135. The summed E-state index contributed by atoms with van der Waals surface area (Å²) in [4.78, 5) is 28.2. The molecule has 1 amide bonds. The fraction of sp³-hybridized carbons (Fsp3) is 0.611. The molecule has 2 fully saturated rings. The number of morpholine rings is 1. The van der Waals surface area contributed by atoms with Crippen LogP contribution in [0.15, 0.2) is 0 Å². The van der Waals surface area contributed by atoms with Crippen molar-refractivity contribution >= 4 is 44.9 Å². The molecule has 0 radical (unpaired) electrons. The number of aliphatic hydroxyl groups is 1. The quantitative estimate of drug-likeness (QED) is 0.735. The van der Waals surface area contributed by atoms with Crippen LogP contribution >= 0.6 is 22.9 Å². The third kappa shape index (κ3) is 3.95. The molecule has 4 rings (SSSR count). The number of aromatic nitrogens is 2. The number of hydrogen-bond donors (Lipinski definition) is 1. The van der Waals surface area contributed by atoms with E-state index in [1.54, 1.807) is 16.2 Å². The van der Waals surface area contributed by atoms with Crippen molar-refractivity contribution in [3.63, 3.8) is 0 Å². The van der Waals surface area contributed by atoms with E-state index in [1.807, 2.05) is 0 Å². The van der Waals surface area contributed by atoms with E-state index in [0.29, 0.717) is 26.3 Å². The van der Waals surface area contributed by atoms with Crippen LogP contribution < -0.4 is 4.90 Å². The van der Waals surface area contributed by atoms with Gasteiger partial charge in [-0.2, -0.15) is 4.98 Å². The molecule has 1 N–H and O–H groups in total. The molecule has 4 heterocycles. The van der Waals surface area contributed by atoms with E-state index < -0.39 is 6.61 Å². The molecule has 8 nitrogen and oxygen atoms in total. The van der Waals surface area contributed by atoms with Crippen LogP contribution in [0.25, 0.3) is 10.2 Å². The molecule has 152 valence electrons. The summed E-state index contributed by atoms with van der Waals surface area (Å²) in [6.45, 7) is 8.35. The number of aliphatic hydroxyl groups excluding tert-OH is 1. The Labute approximate surface area is 172 Å². The predicted octanol–water partition coefficient (Wildman–Crippen LogP) is 1.13.